The molecule has 37 heavy (non-hydrogen) atoms. The highest BCUT2D eigenvalue weighted by Gasteiger charge is 2.38. The van der Waals surface area contributed by atoms with Gasteiger partial charge >= 0.3 is 12.1 Å². The van der Waals surface area contributed by atoms with Crippen LogP contribution in [0.1, 0.15) is 54.3 Å². The van der Waals surface area contributed by atoms with Crippen molar-refractivity contribution in [2.45, 2.75) is 65.3 Å². The minimum absolute atomic E-state index is 0.00693. The maximum Gasteiger partial charge on any atom is 0.395 e. The van der Waals surface area contributed by atoms with Crippen LogP contribution < -0.4 is 4.74 Å². The smallest absolute Gasteiger partial charge is 0.395 e. The summed E-state index contributed by atoms with van der Waals surface area (Å²) in [5.41, 5.74) is 4.49. The minimum Gasteiger partial charge on any atom is -0.476 e. The molecule has 1 unspecified atom stereocenters. The molecule has 8 heteroatoms. The zero-order chi connectivity index (χ0) is 26.8. The SMILES string of the molecule is CCOC(=O)C(C)(C)Oc1ccc2c(c1)CCN(Cc1scc(C3=CCC(C(F)(F)F)C=C3)c1C)CC2. The molecule has 2 aliphatic rings. The summed E-state index contributed by atoms with van der Waals surface area (Å²) >= 11 is 1.67. The predicted octanol–water partition coefficient (Wildman–Crippen LogP) is 6.90. The number of fused-ring (bicyclic) bond motifs is 1. The average molecular weight is 534 g/mol. The van der Waals surface area contributed by atoms with Gasteiger partial charge in [-0.2, -0.15) is 13.2 Å². The summed E-state index contributed by atoms with van der Waals surface area (Å²) < 4.78 is 50.1. The fourth-order valence-corrected chi connectivity index (χ4v) is 5.89. The number of thiophene rings is 1. The third-order valence-corrected chi connectivity index (χ3v) is 8.13. The Balaban J connectivity index is 1.39. The number of benzene rings is 1. The number of allylic oxidation sites excluding steroid dienone is 4. The lowest BCUT2D eigenvalue weighted by Gasteiger charge is -2.24. The first-order valence-electron chi connectivity index (χ1n) is 12.7. The number of halogens is 3. The van der Waals surface area contributed by atoms with E-state index in [1.54, 1.807) is 44.3 Å². The number of alkyl halides is 3. The van der Waals surface area contributed by atoms with Gasteiger partial charge < -0.3 is 9.47 Å². The van der Waals surface area contributed by atoms with Gasteiger partial charge in [0.1, 0.15) is 5.75 Å². The second kappa shape index (κ2) is 11.0. The molecule has 1 aromatic heterocycles. The molecule has 0 radical (unpaired) electrons. The van der Waals surface area contributed by atoms with E-state index >= 15 is 0 Å². The summed E-state index contributed by atoms with van der Waals surface area (Å²) in [4.78, 5) is 15.9. The Morgan fingerprint density at radius 2 is 1.89 bits per heavy atom. The van der Waals surface area contributed by atoms with E-state index in [2.05, 4.69) is 23.3 Å². The molecule has 4 nitrogen and oxygen atoms in total. The molecule has 1 aliphatic carbocycles. The van der Waals surface area contributed by atoms with E-state index in [9.17, 15) is 18.0 Å². The molecule has 1 atom stereocenters. The number of carbonyl (C=O) groups excluding carboxylic acids is 1. The van der Waals surface area contributed by atoms with Crippen molar-refractivity contribution in [3.05, 3.63) is 68.9 Å². The van der Waals surface area contributed by atoms with Gasteiger partial charge in [0, 0.05) is 24.5 Å². The third-order valence-electron chi connectivity index (χ3n) is 7.05. The summed E-state index contributed by atoms with van der Waals surface area (Å²) in [6.07, 6.45) is 2.20. The van der Waals surface area contributed by atoms with E-state index in [0.717, 1.165) is 49.2 Å². The number of hydrogen-bond acceptors (Lipinski definition) is 5. The lowest BCUT2D eigenvalue weighted by atomic mass is 9.92. The Kier molecular flexibility index (Phi) is 8.19. The second-order valence-corrected chi connectivity index (χ2v) is 11.1. The first kappa shape index (κ1) is 27.5. The monoisotopic (exact) mass is 533 g/mol. The topological polar surface area (TPSA) is 38.8 Å². The van der Waals surface area contributed by atoms with Crippen molar-refractivity contribution in [2.24, 2.45) is 5.92 Å². The first-order valence-corrected chi connectivity index (χ1v) is 13.6. The molecule has 2 aromatic rings. The van der Waals surface area contributed by atoms with E-state index in [0.29, 0.717) is 12.4 Å². The molecule has 0 saturated heterocycles. The molecule has 0 bridgehead atoms. The summed E-state index contributed by atoms with van der Waals surface area (Å²) in [5, 5.41) is 2.07. The molecule has 0 amide bonds. The van der Waals surface area contributed by atoms with Crippen LogP contribution in [0.4, 0.5) is 13.2 Å². The lowest BCUT2D eigenvalue weighted by molar-refractivity contribution is -0.160. The standard InChI is InChI=1S/C29H34F3NO3S/c1-5-35-27(34)28(3,4)36-24-11-8-20-12-14-33(15-13-22(20)16-24)17-26-19(2)25(18-37-26)21-6-9-23(10-7-21)29(30,31)32/h6-9,11,16,18,23H,5,10,12-15,17H2,1-4H3. The summed E-state index contributed by atoms with van der Waals surface area (Å²) in [7, 11) is 0. The van der Waals surface area contributed by atoms with E-state index < -0.39 is 17.7 Å². The maximum atomic E-state index is 13.0. The molecule has 4 rings (SSSR count). The van der Waals surface area contributed by atoms with E-state index in [1.807, 2.05) is 12.1 Å². The molecular weight excluding hydrogens is 499 g/mol. The fourth-order valence-electron chi connectivity index (χ4n) is 4.77. The number of nitrogens with zero attached hydrogens (tertiary/aromatic N) is 1. The van der Waals surface area contributed by atoms with Crippen molar-refractivity contribution in [2.75, 3.05) is 19.7 Å². The van der Waals surface area contributed by atoms with Crippen molar-refractivity contribution < 1.29 is 27.4 Å². The maximum absolute atomic E-state index is 13.0. The highest BCUT2D eigenvalue weighted by Crippen LogP contribution is 2.37. The van der Waals surface area contributed by atoms with Crippen LogP contribution in [0, 0.1) is 12.8 Å². The van der Waals surface area contributed by atoms with Crippen LogP contribution in [-0.2, 0) is 28.9 Å². The Morgan fingerprint density at radius 3 is 2.54 bits per heavy atom. The summed E-state index contributed by atoms with van der Waals surface area (Å²) in [6.45, 7) is 10.2. The molecule has 1 aromatic carbocycles. The number of ether oxygens (including phenoxy) is 2. The third kappa shape index (κ3) is 6.47. The van der Waals surface area contributed by atoms with E-state index in [-0.39, 0.29) is 12.4 Å². The number of rotatable bonds is 7. The van der Waals surface area contributed by atoms with Gasteiger partial charge in [-0.25, -0.2) is 4.79 Å². The van der Waals surface area contributed by atoms with Crippen LogP contribution in [0.25, 0.3) is 5.57 Å². The molecule has 200 valence electrons. The Bertz CT molecular complexity index is 1200. The van der Waals surface area contributed by atoms with Crippen LogP contribution in [0.2, 0.25) is 0 Å². The molecule has 0 spiro atoms. The zero-order valence-electron chi connectivity index (χ0n) is 21.8. The van der Waals surface area contributed by atoms with Gasteiger partial charge in [-0.1, -0.05) is 24.3 Å². The molecular formula is C29H34F3NO3S. The molecule has 1 aliphatic heterocycles. The van der Waals surface area contributed by atoms with Crippen LogP contribution in [0.15, 0.2) is 41.8 Å². The summed E-state index contributed by atoms with van der Waals surface area (Å²) in [5.74, 6) is -1.12. The zero-order valence-corrected chi connectivity index (χ0v) is 22.6. The quantitative estimate of drug-likeness (QED) is 0.363. The molecule has 0 fully saturated rings. The highest BCUT2D eigenvalue weighted by molar-refractivity contribution is 7.10. The Hall–Kier alpha value is -2.58. The lowest BCUT2D eigenvalue weighted by Crippen LogP contribution is -2.39. The molecule has 0 saturated carbocycles. The molecule has 0 N–H and O–H groups in total. The van der Waals surface area contributed by atoms with Crippen LogP contribution in [-0.4, -0.2) is 42.3 Å². The van der Waals surface area contributed by atoms with Gasteiger partial charge in [0.25, 0.3) is 0 Å². The van der Waals surface area contributed by atoms with Gasteiger partial charge in [0.2, 0.25) is 0 Å². The number of hydrogen-bond donors (Lipinski definition) is 0. The largest absolute Gasteiger partial charge is 0.476 e. The van der Waals surface area contributed by atoms with Crippen molar-refractivity contribution in [1.82, 2.24) is 4.90 Å². The van der Waals surface area contributed by atoms with Crippen molar-refractivity contribution in [3.63, 3.8) is 0 Å². The normalized spacial score (nSPS) is 18.7. The summed E-state index contributed by atoms with van der Waals surface area (Å²) in [6, 6.07) is 6.03. The molecule has 2 heterocycles. The fraction of sp³-hybridized carbons (Fsp3) is 0.483. The number of carbonyl (C=O) groups is 1. The van der Waals surface area contributed by atoms with Crippen LogP contribution >= 0.6 is 11.3 Å². The van der Waals surface area contributed by atoms with Crippen LogP contribution in [0.5, 0.6) is 5.75 Å². The Labute approximate surface area is 220 Å². The Morgan fingerprint density at radius 1 is 1.16 bits per heavy atom. The minimum atomic E-state index is -4.19. The van der Waals surface area contributed by atoms with Crippen molar-refractivity contribution in [3.8, 4) is 5.75 Å². The highest BCUT2D eigenvalue weighted by atomic mass is 32.1. The van der Waals surface area contributed by atoms with E-state index in [4.69, 9.17) is 9.47 Å². The van der Waals surface area contributed by atoms with Gasteiger partial charge in [0.15, 0.2) is 5.60 Å². The second-order valence-electron chi connectivity index (χ2n) is 10.1. The number of esters is 1. The first-order chi connectivity index (χ1) is 17.5. The van der Waals surface area contributed by atoms with Gasteiger partial charge in [-0.15, -0.1) is 11.3 Å². The van der Waals surface area contributed by atoms with Crippen molar-refractivity contribution >= 4 is 22.9 Å². The van der Waals surface area contributed by atoms with Gasteiger partial charge in [0.05, 0.1) is 12.5 Å². The van der Waals surface area contributed by atoms with E-state index in [1.165, 1.54) is 22.1 Å². The van der Waals surface area contributed by atoms with Gasteiger partial charge in [-0.3, -0.25) is 4.90 Å². The predicted molar refractivity (Wildman–Crippen MR) is 141 cm³/mol. The van der Waals surface area contributed by atoms with Crippen molar-refractivity contribution in [1.29, 1.82) is 0 Å². The van der Waals surface area contributed by atoms with Crippen LogP contribution in [0.3, 0.4) is 0 Å². The van der Waals surface area contributed by atoms with Gasteiger partial charge in [-0.05, 0) is 92.3 Å². The average Bonchev–Trinajstić information content (AvgIpc) is 3.08.